The van der Waals surface area contributed by atoms with Gasteiger partial charge in [0.15, 0.2) is 4.67 Å². The minimum atomic E-state index is -0.773. The number of hydrogen-bond acceptors (Lipinski definition) is 3. The number of carboxylic acids is 1. The van der Waals surface area contributed by atoms with E-state index in [2.05, 4.69) is 31.9 Å². The van der Waals surface area contributed by atoms with Gasteiger partial charge in [0.2, 0.25) is 0 Å². The molecule has 1 aromatic heterocycles. The maximum atomic E-state index is 10.8. The minimum absolute atomic E-state index is 0.378. The molecule has 1 atom stereocenters. The highest BCUT2D eigenvalue weighted by molar-refractivity contribution is 9.13. The van der Waals surface area contributed by atoms with E-state index >= 15 is 0 Å². The summed E-state index contributed by atoms with van der Waals surface area (Å²) in [6.45, 7) is 5.62. The zero-order valence-corrected chi connectivity index (χ0v) is 12.9. The quantitative estimate of drug-likeness (QED) is 0.836. The molecule has 17 heavy (non-hydrogen) atoms. The van der Waals surface area contributed by atoms with Crippen LogP contribution in [0, 0.1) is 5.92 Å². The molecule has 1 heterocycles. The molecule has 0 aliphatic heterocycles. The van der Waals surface area contributed by atoms with Crippen molar-refractivity contribution in [1.82, 2.24) is 4.90 Å². The van der Waals surface area contributed by atoms with Crippen molar-refractivity contribution in [2.45, 2.75) is 20.4 Å². The molecule has 0 aliphatic rings. The van der Waals surface area contributed by atoms with Gasteiger partial charge in [-0.2, -0.15) is 0 Å². The maximum absolute atomic E-state index is 10.8. The van der Waals surface area contributed by atoms with Crippen LogP contribution in [0.25, 0.3) is 0 Å². The van der Waals surface area contributed by atoms with E-state index in [9.17, 15) is 4.79 Å². The molecule has 0 aliphatic carbocycles. The third-order valence-corrected chi connectivity index (χ3v) is 4.19. The second-order valence-electron chi connectivity index (χ2n) is 3.90. The van der Waals surface area contributed by atoms with Gasteiger partial charge in [-0.3, -0.25) is 9.69 Å². The fourth-order valence-electron chi connectivity index (χ4n) is 1.46. The van der Waals surface area contributed by atoms with Gasteiger partial charge in [0.25, 0.3) is 0 Å². The number of carboxylic acid groups (broad SMARTS) is 1. The van der Waals surface area contributed by atoms with E-state index in [0.29, 0.717) is 17.8 Å². The molecule has 0 amide bonds. The molecule has 1 aromatic rings. The third kappa shape index (κ3) is 4.44. The summed E-state index contributed by atoms with van der Waals surface area (Å²) in [6.07, 6.45) is 0. The summed E-state index contributed by atoms with van der Waals surface area (Å²) in [6, 6.07) is 1.89. The summed E-state index contributed by atoms with van der Waals surface area (Å²) in [5.41, 5.74) is 0. The van der Waals surface area contributed by atoms with Crippen molar-refractivity contribution >= 4 is 37.8 Å². The molecule has 0 radical (unpaired) electrons. The van der Waals surface area contributed by atoms with Crippen LogP contribution in [0.3, 0.4) is 0 Å². The minimum Gasteiger partial charge on any atom is -0.481 e. The van der Waals surface area contributed by atoms with Gasteiger partial charge in [0, 0.05) is 6.54 Å². The van der Waals surface area contributed by atoms with E-state index in [4.69, 9.17) is 9.52 Å². The Balaban J connectivity index is 2.60. The highest BCUT2D eigenvalue weighted by atomic mass is 79.9. The highest BCUT2D eigenvalue weighted by Gasteiger charge is 2.17. The van der Waals surface area contributed by atoms with Crippen molar-refractivity contribution in [3.63, 3.8) is 0 Å². The van der Waals surface area contributed by atoms with E-state index in [1.807, 2.05) is 17.9 Å². The van der Waals surface area contributed by atoms with Crippen LogP contribution in [0.15, 0.2) is 19.6 Å². The Labute approximate surface area is 117 Å². The second kappa shape index (κ2) is 6.56. The number of aliphatic carboxylic acids is 1. The summed E-state index contributed by atoms with van der Waals surface area (Å²) in [5, 5.41) is 8.88. The first-order chi connectivity index (χ1) is 7.93. The molecule has 0 saturated heterocycles. The Morgan fingerprint density at radius 3 is 2.65 bits per heavy atom. The van der Waals surface area contributed by atoms with E-state index in [1.165, 1.54) is 0 Å². The topological polar surface area (TPSA) is 53.7 Å². The summed E-state index contributed by atoms with van der Waals surface area (Å²) in [4.78, 5) is 12.8. The van der Waals surface area contributed by atoms with E-state index in [1.54, 1.807) is 6.92 Å². The maximum Gasteiger partial charge on any atom is 0.307 e. The van der Waals surface area contributed by atoms with Crippen LogP contribution < -0.4 is 0 Å². The number of hydrogen-bond donors (Lipinski definition) is 1. The predicted octanol–water partition coefficient (Wildman–Crippen LogP) is 3.35. The van der Waals surface area contributed by atoms with Gasteiger partial charge >= 0.3 is 5.97 Å². The van der Waals surface area contributed by atoms with Gasteiger partial charge in [-0.25, -0.2) is 0 Å². The lowest BCUT2D eigenvalue weighted by atomic mass is 10.1. The molecule has 0 saturated carbocycles. The lowest BCUT2D eigenvalue weighted by Gasteiger charge is -2.21. The summed E-state index contributed by atoms with van der Waals surface area (Å²) >= 11 is 6.62. The predicted molar refractivity (Wildman–Crippen MR) is 71.9 cm³/mol. The standard InChI is InChI=1S/C11H15Br2NO3/c1-3-14(5-7(2)11(15)16)6-8-4-9(12)10(13)17-8/h4,7H,3,5-6H2,1-2H3,(H,15,16). The van der Waals surface area contributed by atoms with Crippen LogP contribution in [-0.4, -0.2) is 29.1 Å². The van der Waals surface area contributed by atoms with Crippen molar-refractivity contribution in [3.8, 4) is 0 Å². The monoisotopic (exact) mass is 367 g/mol. The van der Waals surface area contributed by atoms with Crippen LogP contribution in [0.1, 0.15) is 19.6 Å². The van der Waals surface area contributed by atoms with Gasteiger partial charge in [0.1, 0.15) is 5.76 Å². The van der Waals surface area contributed by atoms with Crippen LogP contribution in [0.4, 0.5) is 0 Å². The van der Waals surface area contributed by atoms with Gasteiger partial charge in [-0.15, -0.1) is 0 Å². The molecule has 96 valence electrons. The Morgan fingerprint density at radius 1 is 1.59 bits per heavy atom. The first kappa shape index (κ1) is 14.7. The second-order valence-corrected chi connectivity index (χ2v) is 5.48. The number of halogens is 2. The van der Waals surface area contributed by atoms with E-state index in [-0.39, 0.29) is 5.92 Å². The first-order valence-corrected chi connectivity index (χ1v) is 6.91. The average Bonchev–Trinajstić information content (AvgIpc) is 2.56. The smallest absolute Gasteiger partial charge is 0.307 e. The molecule has 0 fully saturated rings. The number of carbonyl (C=O) groups is 1. The Bertz CT molecular complexity index is 373. The first-order valence-electron chi connectivity index (χ1n) is 5.32. The molecule has 0 spiro atoms. The summed E-state index contributed by atoms with van der Waals surface area (Å²) in [5.74, 6) is -0.342. The van der Waals surface area contributed by atoms with Gasteiger partial charge in [0.05, 0.1) is 16.9 Å². The fraction of sp³-hybridized carbons (Fsp3) is 0.545. The normalized spacial score (nSPS) is 13.0. The van der Waals surface area contributed by atoms with Crippen molar-refractivity contribution < 1.29 is 14.3 Å². The van der Waals surface area contributed by atoms with Crippen LogP contribution in [0.5, 0.6) is 0 Å². The van der Waals surface area contributed by atoms with Crippen LogP contribution in [0.2, 0.25) is 0 Å². The van der Waals surface area contributed by atoms with Gasteiger partial charge < -0.3 is 9.52 Å². The summed E-state index contributed by atoms with van der Waals surface area (Å²) in [7, 11) is 0. The van der Waals surface area contributed by atoms with Crippen molar-refractivity contribution in [3.05, 3.63) is 21.0 Å². The molecule has 4 nitrogen and oxygen atoms in total. The SMILES string of the molecule is CCN(Cc1cc(Br)c(Br)o1)CC(C)C(=O)O. The highest BCUT2D eigenvalue weighted by Crippen LogP contribution is 2.27. The zero-order chi connectivity index (χ0) is 13.0. The van der Waals surface area contributed by atoms with Gasteiger partial charge in [-0.05, 0) is 44.5 Å². The molecular formula is C11H15Br2NO3. The third-order valence-electron chi connectivity index (χ3n) is 2.48. The Morgan fingerprint density at radius 2 is 2.24 bits per heavy atom. The van der Waals surface area contributed by atoms with Crippen LogP contribution in [-0.2, 0) is 11.3 Å². The van der Waals surface area contributed by atoms with Gasteiger partial charge in [-0.1, -0.05) is 13.8 Å². The molecule has 6 heteroatoms. The van der Waals surface area contributed by atoms with Crippen molar-refractivity contribution in [1.29, 1.82) is 0 Å². The number of furan rings is 1. The van der Waals surface area contributed by atoms with E-state index < -0.39 is 5.97 Å². The Hall–Kier alpha value is -0.330. The molecule has 1 rings (SSSR count). The summed E-state index contributed by atoms with van der Waals surface area (Å²) < 4.78 is 7.00. The molecule has 1 N–H and O–H groups in total. The largest absolute Gasteiger partial charge is 0.481 e. The fourth-order valence-corrected chi connectivity index (χ4v) is 2.12. The lowest BCUT2D eigenvalue weighted by molar-refractivity contribution is -0.141. The molecule has 0 aromatic carbocycles. The average molecular weight is 369 g/mol. The zero-order valence-electron chi connectivity index (χ0n) is 9.74. The molecular weight excluding hydrogens is 354 g/mol. The molecule has 0 bridgehead atoms. The van der Waals surface area contributed by atoms with Crippen LogP contribution >= 0.6 is 31.9 Å². The van der Waals surface area contributed by atoms with E-state index in [0.717, 1.165) is 16.8 Å². The lowest BCUT2D eigenvalue weighted by Crippen LogP contribution is -2.31. The molecule has 1 unspecified atom stereocenters. The number of rotatable bonds is 6. The van der Waals surface area contributed by atoms with Crippen molar-refractivity contribution in [2.24, 2.45) is 5.92 Å². The Kier molecular flexibility index (Phi) is 5.69. The van der Waals surface area contributed by atoms with Crippen molar-refractivity contribution in [2.75, 3.05) is 13.1 Å². The number of nitrogens with zero attached hydrogens (tertiary/aromatic N) is 1.